The van der Waals surface area contributed by atoms with Crippen LogP contribution in [0.25, 0.3) is 0 Å². The van der Waals surface area contributed by atoms with Gasteiger partial charge >= 0.3 is 6.03 Å². The van der Waals surface area contributed by atoms with E-state index in [1.54, 1.807) is 0 Å². The van der Waals surface area contributed by atoms with Crippen molar-refractivity contribution < 1.29 is 4.79 Å². The number of anilines is 1. The molecule has 0 spiro atoms. The highest BCUT2D eigenvalue weighted by atomic mass is 35.5. The summed E-state index contributed by atoms with van der Waals surface area (Å²) in [5.74, 6) is 0.492. The Balaban J connectivity index is 1.43. The lowest BCUT2D eigenvalue weighted by atomic mass is 10.1. The van der Waals surface area contributed by atoms with Crippen molar-refractivity contribution in [3.05, 3.63) is 64.2 Å². The number of urea groups is 1. The largest absolute Gasteiger partial charge is 0.338 e. The first-order valence-corrected chi connectivity index (χ1v) is 9.47. The molecule has 1 aliphatic heterocycles. The highest BCUT2D eigenvalue weighted by Gasteiger charge is 2.22. The Hall–Kier alpha value is -2.04. The molecule has 1 saturated heterocycles. The number of carbonyl (C=O) groups excluding carboxylic acids is 1. The highest BCUT2D eigenvalue weighted by Crippen LogP contribution is 2.23. The van der Waals surface area contributed by atoms with Gasteiger partial charge in [0.25, 0.3) is 0 Å². The second-order valence-corrected chi connectivity index (χ2v) is 7.53. The molecule has 2 aromatic rings. The van der Waals surface area contributed by atoms with Crippen molar-refractivity contribution in [1.29, 1.82) is 0 Å². The highest BCUT2D eigenvalue weighted by molar-refractivity contribution is 6.31. The van der Waals surface area contributed by atoms with E-state index in [1.165, 1.54) is 11.1 Å². The third-order valence-corrected chi connectivity index (χ3v) is 5.37. The van der Waals surface area contributed by atoms with Crippen LogP contribution in [0.2, 0.25) is 5.02 Å². The first-order chi connectivity index (χ1) is 12.5. The number of likely N-dealkylation sites (tertiary alicyclic amines) is 1. The van der Waals surface area contributed by atoms with Crippen LogP contribution in [0.3, 0.4) is 0 Å². The zero-order valence-electron chi connectivity index (χ0n) is 15.4. The third kappa shape index (κ3) is 4.99. The van der Waals surface area contributed by atoms with Gasteiger partial charge in [-0.3, -0.25) is 4.90 Å². The molecule has 2 N–H and O–H groups in total. The number of nitrogens with zero attached hydrogens (tertiary/aromatic N) is 1. The van der Waals surface area contributed by atoms with E-state index in [9.17, 15) is 4.79 Å². The van der Waals surface area contributed by atoms with Gasteiger partial charge < -0.3 is 10.6 Å². The molecule has 2 aromatic carbocycles. The molecular formula is C21H26ClN3O. The molecule has 4 nitrogen and oxygen atoms in total. The molecule has 2 amide bonds. The molecule has 5 heteroatoms. The van der Waals surface area contributed by atoms with Crippen LogP contribution in [0.15, 0.2) is 42.5 Å². The van der Waals surface area contributed by atoms with Crippen LogP contribution < -0.4 is 10.6 Å². The molecule has 0 radical (unpaired) electrons. The first kappa shape index (κ1) is 18.7. The Morgan fingerprint density at radius 1 is 1.19 bits per heavy atom. The zero-order valence-corrected chi connectivity index (χ0v) is 16.1. The standard InChI is InChI=1S/C21H26ClN3O/c1-15-6-8-17(9-7-15)13-25-11-10-18(14-25)12-23-21(26)24-20-5-3-4-19(22)16(20)2/h3-9,18H,10-14H2,1-2H3,(H2,23,24,26). The average molecular weight is 372 g/mol. The van der Waals surface area contributed by atoms with E-state index in [1.807, 2.05) is 25.1 Å². The molecule has 0 saturated carbocycles. The van der Waals surface area contributed by atoms with E-state index in [0.717, 1.165) is 37.3 Å². The van der Waals surface area contributed by atoms with Crippen LogP contribution in [-0.4, -0.2) is 30.6 Å². The first-order valence-electron chi connectivity index (χ1n) is 9.09. The van der Waals surface area contributed by atoms with Gasteiger partial charge in [0.1, 0.15) is 0 Å². The summed E-state index contributed by atoms with van der Waals surface area (Å²) in [6, 6.07) is 14.1. The molecule has 0 aliphatic carbocycles. The Bertz CT molecular complexity index is 760. The van der Waals surface area contributed by atoms with Gasteiger partial charge in [0.2, 0.25) is 0 Å². The lowest BCUT2D eigenvalue weighted by Gasteiger charge is -2.17. The number of amides is 2. The van der Waals surface area contributed by atoms with Crippen molar-refractivity contribution in [2.45, 2.75) is 26.8 Å². The predicted molar refractivity (Wildman–Crippen MR) is 108 cm³/mol. The Kier molecular flexibility index (Phi) is 6.17. The molecule has 1 atom stereocenters. The van der Waals surface area contributed by atoms with Gasteiger partial charge in [-0.1, -0.05) is 47.5 Å². The molecule has 138 valence electrons. The second-order valence-electron chi connectivity index (χ2n) is 7.12. The van der Waals surface area contributed by atoms with Crippen LogP contribution >= 0.6 is 11.6 Å². The third-order valence-electron chi connectivity index (χ3n) is 4.96. The van der Waals surface area contributed by atoms with Gasteiger partial charge in [-0.15, -0.1) is 0 Å². The van der Waals surface area contributed by atoms with Crippen molar-refractivity contribution in [2.75, 3.05) is 25.0 Å². The fourth-order valence-corrected chi connectivity index (χ4v) is 3.50. The quantitative estimate of drug-likeness (QED) is 0.806. The number of nitrogens with one attached hydrogen (secondary N) is 2. The Labute approximate surface area is 160 Å². The van der Waals surface area contributed by atoms with Crippen LogP contribution in [0.4, 0.5) is 10.5 Å². The van der Waals surface area contributed by atoms with Crippen molar-refractivity contribution in [1.82, 2.24) is 10.2 Å². The van der Waals surface area contributed by atoms with Gasteiger partial charge in [0, 0.05) is 30.3 Å². The maximum absolute atomic E-state index is 12.2. The van der Waals surface area contributed by atoms with Gasteiger partial charge in [-0.2, -0.15) is 0 Å². The topological polar surface area (TPSA) is 44.4 Å². The number of benzene rings is 2. The molecular weight excluding hydrogens is 346 g/mol. The van der Waals surface area contributed by atoms with Gasteiger partial charge in [0.05, 0.1) is 0 Å². The minimum absolute atomic E-state index is 0.174. The summed E-state index contributed by atoms with van der Waals surface area (Å²) in [5, 5.41) is 6.53. The van der Waals surface area contributed by atoms with Gasteiger partial charge in [-0.25, -0.2) is 4.79 Å². The zero-order chi connectivity index (χ0) is 18.5. The summed E-state index contributed by atoms with van der Waals surface area (Å²) >= 11 is 6.09. The fraction of sp³-hybridized carbons (Fsp3) is 0.381. The minimum atomic E-state index is -0.174. The normalized spacial score (nSPS) is 17.3. The monoisotopic (exact) mass is 371 g/mol. The van der Waals surface area contributed by atoms with Gasteiger partial charge in [0.15, 0.2) is 0 Å². The van der Waals surface area contributed by atoms with E-state index >= 15 is 0 Å². The van der Waals surface area contributed by atoms with Crippen molar-refractivity contribution in [3.63, 3.8) is 0 Å². The molecule has 26 heavy (non-hydrogen) atoms. The molecule has 1 aliphatic rings. The van der Waals surface area contributed by atoms with E-state index in [0.29, 0.717) is 17.5 Å². The number of aryl methyl sites for hydroxylation is 1. The second kappa shape index (κ2) is 8.56. The summed E-state index contributed by atoms with van der Waals surface area (Å²) in [5.41, 5.74) is 4.27. The molecule has 3 rings (SSSR count). The van der Waals surface area contributed by atoms with E-state index < -0.39 is 0 Å². The summed E-state index contributed by atoms with van der Waals surface area (Å²) in [6.45, 7) is 7.77. The Morgan fingerprint density at radius 2 is 1.96 bits per heavy atom. The molecule has 0 aromatic heterocycles. The maximum atomic E-state index is 12.2. The van der Waals surface area contributed by atoms with E-state index in [4.69, 9.17) is 11.6 Å². The maximum Gasteiger partial charge on any atom is 0.319 e. The number of halogens is 1. The van der Waals surface area contributed by atoms with E-state index in [2.05, 4.69) is 46.7 Å². The molecule has 1 heterocycles. The van der Waals surface area contributed by atoms with Crippen LogP contribution in [0.5, 0.6) is 0 Å². The smallest absolute Gasteiger partial charge is 0.319 e. The summed E-state index contributed by atoms with van der Waals surface area (Å²) in [7, 11) is 0. The van der Waals surface area contributed by atoms with Crippen LogP contribution in [-0.2, 0) is 6.54 Å². The van der Waals surface area contributed by atoms with Crippen LogP contribution in [0.1, 0.15) is 23.1 Å². The SMILES string of the molecule is Cc1ccc(CN2CCC(CNC(=O)Nc3cccc(Cl)c3C)C2)cc1. The summed E-state index contributed by atoms with van der Waals surface area (Å²) < 4.78 is 0. The van der Waals surface area contributed by atoms with Crippen molar-refractivity contribution >= 4 is 23.3 Å². The summed E-state index contributed by atoms with van der Waals surface area (Å²) in [6.07, 6.45) is 1.11. The average Bonchev–Trinajstić information content (AvgIpc) is 3.07. The minimum Gasteiger partial charge on any atom is -0.338 e. The summed E-state index contributed by atoms with van der Waals surface area (Å²) in [4.78, 5) is 14.6. The van der Waals surface area contributed by atoms with Crippen LogP contribution in [0, 0.1) is 19.8 Å². The Morgan fingerprint density at radius 3 is 2.73 bits per heavy atom. The number of hydrogen-bond acceptors (Lipinski definition) is 2. The van der Waals surface area contributed by atoms with Crippen molar-refractivity contribution in [3.8, 4) is 0 Å². The van der Waals surface area contributed by atoms with Crippen molar-refractivity contribution in [2.24, 2.45) is 5.92 Å². The predicted octanol–water partition coefficient (Wildman–Crippen LogP) is 4.60. The molecule has 0 bridgehead atoms. The number of carbonyl (C=O) groups is 1. The fourth-order valence-electron chi connectivity index (χ4n) is 3.32. The molecule has 1 unspecified atom stereocenters. The lowest BCUT2D eigenvalue weighted by Crippen LogP contribution is -2.34. The molecule has 1 fully saturated rings. The number of hydrogen-bond donors (Lipinski definition) is 2. The number of rotatable bonds is 5. The lowest BCUT2D eigenvalue weighted by molar-refractivity contribution is 0.249. The van der Waals surface area contributed by atoms with E-state index in [-0.39, 0.29) is 6.03 Å². The van der Waals surface area contributed by atoms with Gasteiger partial charge in [-0.05, 0) is 56.0 Å².